The van der Waals surface area contributed by atoms with Gasteiger partial charge in [0, 0.05) is 13.0 Å². The number of rotatable bonds is 9. The molecule has 2 amide bonds. The number of aliphatic carboxylic acids is 1. The van der Waals surface area contributed by atoms with E-state index in [1.165, 1.54) is 31.3 Å². The van der Waals surface area contributed by atoms with Crippen molar-refractivity contribution in [3.05, 3.63) is 79.5 Å². The largest absolute Gasteiger partial charge is 0.490 e. The molecule has 1 saturated carbocycles. The lowest BCUT2D eigenvalue weighted by Gasteiger charge is -2.30. The van der Waals surface area contributed by atoms with E-state index in [9.17, 15) is 9.59 Å². The van der Waals surface area contributed by atoms with E-state index < -0.39 is 5.97 Å². The van der Waals surface area contributed by atoms with E-state index in [1.807, 2.05) is 44.2 Å². The highest BCUT2D eigenvalue weighted by Gasteiger charge is 2.23. The molecule has 3 rings (SSSR count). The molecule has 0 unspecified atom stereocenters. The number of nitrogens with one attached hydrogen (secondary N) is 1. The number of carboxylic acids is 1. The van der Waals surface area contributed by atoms with Crippen molar-refractivity contribution in [2.24, 2.45) is 5.92 Å². The number of fused-ring (bicyclic) bond motifs is 1. The highest BCUT2D eigenvalue weighted by molar-refractivity contribution is 5.94. The van der Waals surface area contributed by atoms with Crippen molar-refractivity contribution >= 4 is 23.3 Å². The zero-order chi connectivity index (χ0) is 32.3. The van der Waals surface area contributed by atoms with Crippen molar-refractivity contribution in [1.29, 1.82) is 0 Å². The second kappa shape index (κ2) is 25.7. The first-order valence-corrected chi connectivity index (χ1v) is 15.4. The molecule has 1 aliphatic carbocycles. The first-order chi connectivity index (χ1) is 20.8. The number of allylic oxidation sites excluding steroid dienone is 7. The number of carboxylic acid groups (broad SMARTS) is 1. The van der Waals surface area contributed by atoms with Gasteiger partial charge in [0.05, 0.1) is 12.2 Å². The van der Waals surface area contributed by atoms with Gasteiger partial charge in [-0.1, -0.05) is 81.2 Å². The average molecular weight is 591 g/mol. The quantitative estimate of drug-likeness (QED) is 0.130. The van der Waals surface area contributed by atoms with Crippen LogP contribution in [0.1, 0.15) is 91.0 Å². The smallest absolute Gasteiger partial charge is 0.322 e. The molecule has 0 bridgehead atoms. The van der Waals surface area contributed by atoms with Crippen LogP contribution in [0.2, 0.25) is 0 Å². The zero-order valence-electron chi connectivity index (χ0n) is 26.9. The minimum absolute atomic E-state index is 0.0981. The number of terminal acetylenes is 1. The van der Waals surface area contributed by atoms with Gasteiger partial charge in [-0.05, 0) is 75.6 Å². The summed E-state index contributed by atoms with van der Waals surface area (Å²) in [5, 5.41) is 11.5. The molecule has 2 aliphatic rings. The molecule has 0 spiro atoms. The van der Waals surface area contributed by atoms with Gasteiger partial charge in [0.1, 0.15) is 12.4 Å². The Labute approximate surface area is 261 Å². The summed E-state index contributed by atoms with van der Waals surface area (Å²) in [5.41, 5.74) is 3.16. The third kappa shape index (κ3) is 17.5. The molecular weight excluding hydrogens is 536 g/mol. The van der Waals surface area contributed by atoms with E-state index in [1.54, 1.807) is 17.9 Å². The minimum Gasteiger partial charge on any atom is -0.490 e. The van der Waals surface area contributed by atoms with Gasteiger partial charge in [-0.3, -0.25) is 9.69 Å². The molecule has 1 aliphatic heterocycles. The average Bonchev–Trinajstić information content (AvgIpc) is 3.26. The van der Waals surface area contributed by atoms with Crippen molar-refractivity contribution < 1.29 is 19.4 Å². The molecule has 1 fully saturated rings. The van der Waals surface area contributed by atoms with E-state index in [-0.39, 0.29) is 6.03 Å². The van der Waals surface area contributed by atoms with Crippen molar-refractivity contribution in [1.82, 2.24) is 5.32 Å². The molecule has 1 aromatic rings. The van der Waals surface area contributed by atoms with E-state index in [2.05, 4.69) is 62.0 Å². The Morgan fingerprint density at radius 1 is 1.16 bits per heavy atom. The predicted molar refractivity (Wildman–Crippen MR) is 184 cm³/mol. The summed E-state index contributed by atoms with van der Waals surface area (Å²) in [7, 11) is 0. The maximum absolute atomic E-state index is 12.4. The number of benzene rings is 1. The summed E-state index contributed by atoms with van der Waals surface area (Å²) < 4.78 is 5.81. The van der Waals surface area contributed by atoms with Gasteiger partial charge in [-0.15, -0.1) is 25.5 Å². The Morgan fingerprint density at radius 2 is 1.81 bits per heavy atom. The molecule has 1 heterocycles. The zero-order valence-corrected chi connectivity index (χ0v) is 26.9. The van der Waals surface area contributed by atoms with Crippen LogP contribution in [0.3, 0.4) is 0 Å². The SMILES string of the molecule is C#CC.C=CC.C=CCC=C/C=C(\CC)c1ccc2c(c1)OCCN2C(=O)NC/C=C\C.O=C(O)CC1CCCCCC1. The van der Waals surface area contributed by atoms with Gasteiger partial charge in [0.2, 0.25) is 0 Å². The molecule has 6 heteroatoms. The Bertz CT molecular complexity index is 1090. The van der Waals surface area contributed by atoms with Crippen LogP contribution in [0.25, 0.3) is 5.57 Å². The topological polar surface area (TPSA) is 78.9 Å². The van der Waals surface area contributed by atoms with Crippen molar-refractivity contribution in [2.75, 3.05) is 24.6 Å². The fourth-order valence-corrected chi connectivity index (χ4v) is 4.58. The fourth-order valence-electron chi connectivity index (χ4n) is 4.58. The molecular formula is C37H54N2O4. The van der Waals surface area contributed by atoms with E-state index in [0.29, 0.717) is 32.0 Å². The third-order valence-electron chi connectivity index (χ3n) is 6.60. The molecule has 0 atom stereocenters. The first-order valence-electron chi connectivity index (χ1n) is 15.4. The number of urea groups is 1. The summed E-state index contributed by atoms with van der Waals surface area (Å²) in [4.78, 5) is 24.5. The summed E-state index contributed by atoms with van der Waals surface area (Å²) in [6.07, 6.45) is 27.8. The van der Waals surface area contributed by atoms with Gasteiger partial charge in [0.15, 0.2) is 0 Å². The van der Waals surface area contributed by atoms with Crippen LogP contribution >= 0.6 is 0 Å². The molecule has 2 N–H and O–H groups in total. The standard InChI is InChI=1S/C22H28N2O2.C9H16O2.C3H6.C3H4/c1-4-7-9-10-11-18(6-3)19-12-13-20-21(17-19)26-16-15-24(20)22(25)23-14-8-5-2;10-9(11)7-8-5-3-1-2-4-6-8;2*1-3-2/h4-5,8-13,17H,1,6-7,14-16H2,2-3H3,(H,23,25);8H,1-7H2,(H,10,11);3H,1H2,2H3;1H,2H3/b8-5-,10-9?,18-11+;;;. The van der Waals surface area contributed by atoms with Gasteiger partial charge in [0.25, 0.3) is 0 Å². The Hall–Kier alpha value is -3.98. The van der Waals surface area contributed by atoms with Gasteiger partial charge in [-0.25, -0.2) is 4.79 Å². The van der Waals surface area contributed by atoms with Crippen LogP contribution in [-0.2, 0) is 4.79 Å². The molecule has 43 heavy (non-hydrogen) atoms. The number of nitrogens with zero attached hydrogens (tertiary/aromatic N) is 1. The maximum atomic E-state index is 12.4. The molecule has 0 saturated heterocycles. The highest BCUT2D eigenvalue weighted by Crippen LogP contribution is 2.35. The lowest BCUT2D eigenvalue weighted by molar-refractivity contribution is -0.138. The Kier molecular flexibility index (Phi) is 23.3. The molecule has 236 valence electrons. The van der Waals surface area contributed by atoms with Crippen molar-refractivity contribution in [2.45, 2.75) is 85.5 Å². The van der Waals surface area contributed by atoms with Gasteiger partial charge < -0.3 is 15.2 Å². The monoisotopic (exact) mass is 590 g/mol. The number of anilines is 1. The van der Waals surface area contributed by atoms with Crippen LogP contribution in [0.4, 0.5) is 10.5 Å². The lowest BCUT2D eigenvalue weighted by atomic mass is 9.97. The summed E-state index contributed by atoms with van der Waals surface area (Å²) in [5.74, 6) is 2.84. The Balaban J connectivity index is 0.000000853. The number of carbonyl (C=O) groups excluding carboxylic acids is 1. The highest BCUT2D eigenvalue weighted by atomic mass is 16.5. The van der Waals surface area contributed by atoms with Crippen LogP contribution in [0.15, 0.2) is 73.9 Å². The first kappa shape index (κ1) is 39.0. The van der Waals surface area contributed by atoms with Crippen LogP contribution < -0.4 is 15.0 Å². The lowest BCUT2D eigenvalue weighted by Crippen LogP contribution is -2.44. The van der Waals surface area contributed by atoms with Gasteiger partial charge >= 0.3 is 12.0 Å². The number of amides is 2. The molecule has 1 aromatic carbocycles. The number of ether oxygens (including phenoxy) is 1. The van der Waals surface area contributed by atoms with E-state index in [0.717, 1.165) is 42.7 Å². The van der Waals surface area contributed by atoms with Crippen LogP contribution in [0, 0.1) is 18.3 Å². The number of hydrogen-bond donors (Lipinski definition) is 2. The summed E-state index contributed by atoms with van der Waals surface area (Å²) in [6.45, 7) is 16.3. The Morgan fingerprint density at radius 3 is 2.37 bits per heavy atom. The molecule has 6 nitrogen and oxygen atoms in total. The number of hydrogen-bond acceptors (Lipinski definition) is 3. The predicted octanol–water partition coefficient (Wildman–Crippen LogP) is 9.36. The summed E-state index contributed by atoms with van der Waals surface area (Å²) in [6, 6.07) is 5.95. The normalized spacial score (nSPS) is 14.6. The van der Waals surface area contributed by atoms with Crippen molar-refractivity contribution in [3.8, 4) is 18.1 Å². The van der Waals surface area contributed by atoms with Gasteiger partial charge in [-0.2, -0.15) is 0 Å². The molecule has 0 aromatic heterocycles. The number of carbonyl (C=O) groups is 2. The van der Waals surface area contributed by atoms with Crippen molar-refractivity contribution in [3.63, 3.8) is 0 Å². The second-order valence-electron chi connectivity index (χ2n) is 10.1. The third-order valence-corrected chi connectivity index (χ3v) is 6.60. The second-order valence-corrected chi connectivity index (χ2v) is 10.1. The summed E-state index contributed by atoms with van der Waals surface area (Å²) >= 11 is 0. The van der Waals surface area contributed by atoms with E-state index >= 15 is 0 Å². The van der Waals surface area contributed by atoms with E-state index in [4.69, 9.17) is 9.84 Å². The van der Waals surface area contributed by atoms with Crippen LogP contribution in [0.5, 0.6) is 5.75 Å². The fraction of sp³-hybridized carbons (Fsp3) is 0.459. The van der Waals surface area contributed by atoms with Crippen LogP contribution in [-0.4, -0.2) is 36.8 Å². The molecule has 0 radical (unpaired) electrons. The maximum Gasteiger partial charge on any atom is 0.322 e. The minimum atomic E-state index is -0.628.